The van der Waals surface area contributed by atoms with Crippen LogP contribution in [0.1, 0.15) is 63.9 Å². The standard InChI is InChI=1S/C31H33N5O3S/c1-30(2,3)39-29(37)35-15-5-8-26(35)28-34-33-27-12-9-21-18-24(10-11-25(21)36(27)28)40-23-7-4-6-22(19-23)31(20-32)13-16-38-17-14-31/h4,6-7,9-12,18-19,26H,5,8,13-17H2,1-3H3. The molecule has 40 heavy (non-hydrogen) atoms. The summed E-state index contributed by atoms with van der Waals surface area (Å²) in [6.07, 6.45) is 2.83. The Hall–Kier alpha value is -3.61. The van der Waals surface area contributed by atoms with Gasteiger partial charge in [-0.25, -0.2) is 4.79 Å². The Morgan fingerprint density at radius 2 is 1.90 bits per heavy atom. The molecule has 4 aromatic rings. The first-order valence-corrected chi connectivity index (χ1v) is 14.6. The van der Waals surface area contributed by atoms with Crippen molar-refractivity contribution in [2.75, 3.05) is 19.8 Å². The lowest BCUT2D eigenvalue weighted by Crippen LogP contribution is -2.37. The Kier molecular flexibility index (Phi) is 6.93. The van der Waals surface area contributed by atoms with E-state index in [0.717, 1.165) is 63.4 Å². The van der Waals surface area contributed by atoms with Crippen molar-refractivity contribution in [3.8, 4) is 6.07 Å². The number of carbonyl (C=O) groups is 1. The third-order valence-electron chi connectivity index (χ3n) is 7.73. The van der Waals surface area contributed by atoms with E-state index in [1.165, 1.54) is 0 Å². The quantitative estimate of drug-likeness (QED) is 0.277. The summed E-state index contributed by atoms with van der Waals surface area (Å²) in [5.74, 6) is 0.760. The number of likely N-dealkylation sites (tertiary alicyclic amines) is 1. The van der Waals surface area contributed by atoms with Gasteiger partial charge in [0.1, 0.15) is 5.60 Å². The number of nitriles is 1. The van der Waals surface area contributed by atoms with E-state index in [1.54, 1.807) is 16.7 Å². The lowest BCUT2D eigenvalue weighted by molar-refractivity contribution is 0.0217. The zero-order valence-electron chi connectivity index (χ0n) is 23.1. The van der Waals surface area contributed by atoms with Crippen molar-refractivity contribution in [2.24, 2.45) is 0 Å². The third kappa shape index (κ3) is 5.02. The van der Waals surface area contributed by atoms with Crippen molar-refractivity contribution in [1.82, 2.24) is 19.5 Å². The van der Waals surface area contributed by atoms with E-state index in [-0.39, 0.29) is 12.1 Å². The number of ether oxygens (including phenoxy) is 2. The fourth-order valence-electron chi connectivity index (χ4n) is 5.73. The molecule has 2 aliphatic heterocycles. The number of rotatable bonds is 4. The van der Waals surface area contributed by atoms with Crippen LogP contribution in [-0.4, -0.2) is 51.0 Å². The zero-order chi connectivity index (χ0) is 27.9. The van der Waals surface area contributed by atoms with Crippen molar-refractivity contribution in [2.45, 2.75) is 73.3 Å². The van der Waals surface area contributed by atoms with Crippen molar-refractivity contribution < 1.29 is 14.3 Å². The maximum Gasteiger partial charge on any atom is 0.410 e. The van der Waals surface area contributed by atoms with Gasteiger partial charge in [0, 0.05) is 29.5 Å². The summed E-state index contributed by atoms with van der Waals surface area (Å²) in [7, 11) is 0. The molecule has 0 radical (unpaired) electrons. The first kappa shape index (κ1) is 26.6. The van der Waals surface area contributed by atoms with Crippen LogP contribution in [0.25, 0.3) is 16.6 Å². The van der Waals surface area contributed by atoms with Crippen LogP contribution < -0.4 is 0 Å². The van der Waals surface area contributed by atoms with E-state index in [2.05, 4.69) is 63.1 Å². The molecule has 0 saturated carbocycles. The first-order chi connectivity index (χ1) is 19.3. The van der Waals surface area contributed by atoms with Crippen LogP contribution in [-0.2, 0) is 14.9 Å². The van der Waals surface area contributed by atoms with E-state index in [9.17, 15) is 10.1 Å². The topological polar surface area (TPSA) is 92.8 Å². The van der Waals surface area contributed by atoms with Gasteiger partial charge in [-0.15, -0.1) is 10.2 Å². The number of pyridine rings is 1. The molecule has 1 amide bonds. The fraction of sp³-hybridized carbons (Fsp3) is 0.419. The molecule has 2 fully saturated rings. The molecule has 0 bridgehead atoms. The van der Waals surface area contributed by atoms with Crippen LogP contribution in [0.5, 0.6) is 0 Å². The molecule has 2 aliphatic rings. The van der Waals surface area contributed by atoms with Crippen molar-refractivity contribution in [1.29, 1.82) is 5.26 Å². The predicted octanol–water partition coefficient (Wildman–Crippen LogP) is 6.68. The Balaban J connectivity index is 1.30. The summed E-state index contributed by atoms with van der Waals surface area (Å²) in [4.78, 5) is 17.0. The molecule has 1 atom stereocenters. The number of amides is 1. The molecule has 0 spiro atoms. The highest BCUT2D eigenvalue weighted by Gasteiger charge is 2.37. The number of carbonyl (C=O) groups excluding carboxylic acids is 1. The maximum absolute atomic E-state index is 13.0. The smallest absolute Gasteiger partial charge is 0.410 e. The zero-order valence-corrected chi connectivity index (χ0v) is 23.9. The lowest BCUT2D eigenvalue weighted by atomic mass is 9.75. The second-order valence-electron chi connectivity index (χ2n) is 11.6. The van der Waals surface area contributed by atoms with Gasteiger partial charge in [-0.1, -0.05) is 23.9 Å². The minimum atomic E-state index is -0.558. The summed E-state index contributed by atoms with van der Waals surface area (Å²) in [5, 5.41) is 20.0. The van der Waals surface area contributed by atoms with E-state index in [0.29, 0.717) is 19.8 Å². The normalized spacial score (nSPS) is 19.1. The van der Waals surface area contributed by atoms with Gasteiger partial charge in [-0.05, 0) is 99.9 Å². The van der Waals surface area contributed by atoms with Gasteiger partial charge in [0.2, 0.25) is 0 Å². The number of nitrogens with zero attached hydrogens (tertiary/aromatic N) is 5. The fourth-order valence-corrected chi connectivity index (χ4v) is 6.66. The summed E-state index contributed by atoms with van der Waals surface area (Å²) in [5.41, 5.74) is 1.77. The number of fused-ring (bicyclic) bond motifs is 3. The summed E-state index contributed by atoms with van der Waals surface area (Å²) in [6.45, 7) is 7.52. The van der Waals surface area contributed by atoms with Gasteiger partial charge in [0.15, 0.2) is 11.5 Å². The maximum atomic E-state index is 13.0. The Bertz CT molecular complexity index is 1610. The highest BCUT2D eigenvalue weighted by atomic mass is 32.2. The van der Waals surface area contributed by atoms with Gasteiger partial charge < -0.3 is 9.47 Å². The second-order valence-corrected chi connectivity index (χ2v) is 12.7. The third-order valence-corrected chi connectivity index (χ3v) is 8.71. The van der Waals surface area contributed by atoms with Crippen LogP contribution >= 0.6 is 11.8 Å². The molecule has 0 aliphatic carbocycles. The molecule has 8 nitrogen and oxygen atoms in total. The highest BCUT2D eigenvalue weighted by Crippen LogP contribution is 2.38. The summed E-state index contributed by atoms with van der Waals surface area (Å²) in [6, 6.07) is 21.2. The molecule has 2 aromatic heterocycles. The molecule has 0 N–H and O–H groups in total. The van der Waals surface area contributed by atoms with Gasteiger partial charge >= 0.3 is 6.09 Å². The molecule has 206 valence electrons. The molecule has 2 saturated heterocycles. The van der Waals surface area contributed by atoms with Gasteiger partial charge in [0.25, 0.3) is 0 Å². The predicted molar refractivity (Wildman–Crippen MR) is 153 cm³/mol. The Morgan fingerprint density at radius 1 is 1.10 bits per heavy atom. The molecule has 4 heterocycles. The minimum absolute atomic E-state index is 0.190. The average molecular weight is 556 g/mol. The van der Waals surface area contributed by atoms with Crippen molar-refractivity contribution in [3.63, 3.8) is 0 Å². The molecular formula is C31H33N5O3S. The number of aromatic nitrogens is 3. The van der Waals surface area contributed by atoms with E-state index in [4.69, 9.17) is 9.47 Å². The molecule has 2 aromatic carbocycles. The average Bonchev–Trinajstić information content (AvgIpc) is 3.60. The molecule has 6 rings (SSSR count). The van der Waals surface area contributed by atoms with E-state index >= 15 is 0 Å². The van der Waals surface area contributed by atoms with Crippen molar-refractivity contribution >= 4 is 34.4 Å². The number of hydrogen-bond donors (Lipinski definition) is 0. The number of benzene rings is 2. The van der Waals surface area contributed by atoms with Gasteiger partial charge in [-0.3, -0.25) is 9.30 Å². The van der Waals surface area contributed by atoms with Gasteiger partial charge in [0.05, 0.1) is 23.0 Å². The largest absolute Gasteiger partial charge is 0.444 e. The highest BCUT2D eigenvalue weighted by molar-refractivity contribution is 7.99. The molecular weight excluding hydrogens is 522 g/mol. The summed E-state index contributed by atoms with van der Waals surface area (Å²) < 4.78 is 13.3. The van der Waals surface area contributed by atoms with Crippen LogP contribution in [0.4, 0.5) is 4.79 Å². The lowest BCUT2D eigenvalue weighted by Gasteiger charge is -2.31. The monoisotopic (exact) mass is 555 g/mol. The Labute approximate surface area is 238 Å². The van der Waals surface area contributed by atoms with Crippen LogP contribution in [0.2, 0.25) is 0 Å². The van der Waals surface area contributed by atoms with E-state index in [1.807, 2.05) is 32.9 Å². The van der Waals surface area contributed by atoms with Gasteiger partial charge in [-0.2, -0.15) is 5.26 Å². The van der Waals surface area contributed by atoms with Crippen LogP contribution in [0.15, 0.2) is 64.4 Å². The molecule has 1 unspecified atom stereocenters. The van der Waals surface area contributed by atoms with Crippen LogP contribution in [0.3, 0.4) is 0 Å². The molecule has 9 heteroatoms. The van der Waals surface area contributed by atoms with Crippen molar-refractivity contribution in [3.05, 3.63) is 66.0 Å². The number of hydrogen-bond acceptors (Lipinski definition) is 7. The first-order valence-electron chi connectivity index (χ1n) is 13.8. The van der Waals surface area contributed by atoms with Crippen LogP contribution in [0, 0.1) is 11.3 Å². The summed E-state index contributed by atoms with van der Waals surface area (Å²) >= 11 is 1.69. The minimum Gasteiger partial charge on any atom is -0.444 e. The SMILES string of the molecule is CC(C)(C)OC(=O)N1CCCC1c1nnc2ccc3cc(Sc4cccc(C5(C#N)CCOCC5)c4)ccc3n12. The Morgan fingerprint density at radius 3 is 2.67 bits per heavy atom. The van der Waals surface area contributed by atoms with E-state index < -0.39 is 11.0 Å². The second kappa shape index (κ2) is 10.4.